The van der Waals surface area contributed by atoms with Crippen LogP contribution in [0.1, 0.15) is 35.6 Å². The van der Waals surface area contributed by atoms with Crippen LogP contribution in [0.3, 0.4) is 0 Å². The van der Waals surface area contributed by atoms with E-state index in [9.17, 15) is 13.2 Å². The number of aliphatic imine (C=N–C) groups is 1. The molecular formula is C36H37BrN2O7S. The summed E-state index contributed by atoms with van der Waals surface area (Å²) in [6.07, 6.45) is 0.00330. The molecule has 0 bridgehead atoms. The second kappa shape index (κ2) is 15.6. The van der Waals surface area contributed by atoms with Crippen LogP contribution in [0.2, 0.25) is 0 Å². The van der Waals surface area contributed by atoms with Gasteiger partial charge in [-0.05, 0) is 78.2 Å². The van der Waals surface area contributed by atoms with Crippen molar-refractivity contribution in [2.45, 2.75) is 35.8 Å². The lowest BCUT2D eigenvalue weighted by Crippen LogP contribution is -2.49. The van der Waals surface area contributed by atoms with Crippen molar-refractivity contribution in [2.24, 2.45) is 4.99 Å². The first-order valence-electron chi connectivity index (χ1n) is 15.3. The number of carbonyl (C=O) groups excluding carboxylic acids is 1. The van der Waals surface area contributed by atoms with E-state index < -0.39 is 27.4 Å². The Morgan fingerprint density at radius 3 is 2.43 bits per heavy atom. The molecule has 4 aromatic carbocycles. The molecule has 9 nitrogen and oxygen atoms in total. The highest BCUT2D eigenvalue weighted by atomic mass is 79.9. The average molecular weight is 722 g/mol. The molecule has 0 fully saturated rings. The number of hydrogen-bond acceptors (Lipinski definition) is 8. The number of methoxy groups -OCH3 is 1. The topological polar surface area (TPSA) is 124 Å². The molecule has 1 aliphatic rings. The van der Waals surface area contributed by atoms with E-state index in [2.05, 4.69) is 21.2 Å². The van der Waals surface area contributed by atoms with Crippen molar-refractivity contribution in [3.8, 4) is 11.5 Å². The number of ether oxygens (including phenoxy) is 3. The number of nitrogens with zero attached hydrogens (tertiary/aromatic N) is 1. The number of carbonyl (C=O) groups is 1. The molecule has 2 N–H and O–H groups in total. The lowest BCUT2D eigenvalue weighted by Gasteiger charge is -2.30. The zero-order chi connectivity index (χ0) is 33.3. The van der Waals surface area contributed by atoms with E-state index in [1.165, 1.54) is 0 Å². The van der Waals surface area contributed by atoms with Gasteiger partial charge in [-0.1, -0.05) is 58.4 Å². The summed E-state index contributed by atoms with van der Waals surface area (Å²) in [5.74, 6) is 0.789. The number of sulfone groups is 1. The van der Waals surface area contributed by atoms with E-state index in [-0.39, 0.29) is 36.1 Å². The zero-order valence-corrected chi connectivity index (χ0v) is 28.4. The number of nitrogens with one attached hydrogen (secondary N) is 1. The molecule has 0 aliphatic carbocycles. The molecular weight excluding hydrogens is 684 g/mol. The smallest absolute Gasteiger partial charge is 0.252 e. The Morgan fingerprint density at radius 1 is 0.979 bits per heavy atom. The highest BCUT2D eigenvalue weighted by molar-refractivity contribution is 9.10. The van der Waals surface area contributed by atoms with Crippen LogP contribution in [-0.4, -0.2) is 63.5 Å². The third-order valence-electron chi connectivity index (χ3n) is 7.89. The van der Waals surface area contributed by atoms with Gasteiger partial charge in [0.25, 0.3) is 5.91 Å². The van der Waals surface area contributed by atoms with Gasteiger partial charge in [-0.25, -0.2) is 13.4 Å². The minimum atomic E-state index is -3.76. The summed E-state index contributed by atoms with van der Waals surface area (Å²) in [4.78, 5) is 19.5. The van der Waals surface area contributed by atoms with E-state index >= 15 is 0 Å². The molecule has 4 aromatic rings. The normalized spacial score (nSPS) is 17.4. The monoisotopic (exact) mass is 720 g/mol. The molecule has 0 spiro atoms. The summed E-state index contributed by atoms with van der Waals surface area (Å²) in [7, 11) is -2.16. The summed E-state index contributed by atoms with van der Waals surface area (Å²) in [6, 6.07) is 30.3. The maximum atomic E-state index is 14.4. The molecule has 1 amide bonds. The largest absolute Gasteiger partial charge is 0.497 e. The second-order valence-electron chi connectivity index (χ2n) is 11.1. The van der Waals surface area contributed by atoms with Crippen LogP contribution in [0.4, 0.5) is 0 Å². The summed E-state index contributed by atoms with van der Waals surface area (Å²) >= 11 is 3.48. The average Bonchev–Trinajstić information content (AvgIpc) is 3.49. The van der Waals surface area contributed by atoms with Crippen molar-refractivity contribution >= 4 is 37.6 Å². The molecule has 2 atom stereocenters. The van der Waals surface area contributed by atoms with E-state index in [1.54, 1.807) is 61.7 Å². The van der Waals surface area contributed by atoms with Crippen LogP contribution in [0.25, 0.3) is 0 Å². The number of amides is 1. The van der Waals surface area contributed by atoms with Gasteiger partial charge in [-0.15, -0.1) is 0 Å². The standard InChI is InChI=1S/C36H37BrN2O7S/c1-44-31-8-5-7-26(25-31)19-21-38-35(41)36(20-24-47(42,43)32-9-3-2-4-10-32)33(27-11-15-29(37)16-12-27)46-34(39-36)28-13-17-30(18-14-28)45-23-6-22-40/h2-5,7-18,25,33,40H,6,19-24H2,1H3,(H,38,41)/t33-,36-/m1/s1. The summed E-state index contributed by atoms with van der Waals surface area (Å²) < 4.78 is 45.4. The van der Waals surface area contributed by atoms with Crippen LogP contribution < -0.4 is 14.8 Å². The van der Waals surface area contributed by atoms with Crippen molar-refractivity contribution in [3.63, 3.8) is 0 Å². The van der Waals surface area contributed by atoms with Gasteiger partial charge in [0.05, 0.1) is 24.4 Å². The zero-order valence-electron chi connectivity index (χ0n) is 26.0. The molecule has 0 saturated carbocycles. The lowest BCUT2D eigenvalue weighted by atomic mass is 9.85. The Kier molecular flexibility index (Phi) is 11.3. The number of rotatable bonds is 15. The molecule has 0 radical (unpaired) electrons. The summed E-state index contributed by atoms with van der Waals surface area (Å²) in [5, 5.41) is 12.1. The van der Waals surface area contributed by atoms with E-state index in [0.29, 0.717) is 36.3 Å². The fraction of sp³-hybridized carbons (Fsp3) is 0.278. The third kappa shape index (κ3) is 8.40. The first-order valence-corrected chi connectivity index (χ1v) is 17.7. The fourth-order valence-electron chi connectivity index (χ4n) is 5.34. The number of hydrogen-bond donors (Lipinski definition) is 2. The van der Waals surface area contributed by atoms with Crippen molar-refractivity contribution in [1.29, 1.82) is 0 Å². The van der Waals surface area contributed by atoms with Crippen LogP contribution in [0.5, 0.6) is 11.5 Å². The first kappa shape index (κ1) is 34.2. The molecule has 0 aromatic heterocycles. The van der Waals surface area contributed by atoms with Crippen molar-refractivity contribution < 1.29 is 32.5 Å². The van der Waals surface area contributed by atoms with E-state index in [4.69, 9.17) is 24.3 Å². The minimum Gasteiger partial charge on any atom is -0.497 e. The van der Waals surface area contributed by atoms with Crippen molar-refractivity contribution in [2.75, 3.05) is 32.6 Å². The van der Waals surface area contributed by atoms with Gasteiger partial charge in [0.2, 0.25) is 5.90 Å². The second-order valence-corrected chi connectivity index (χ2v) is 14.1. The number of benzene rings is 4. The van der Waals surface area contributed by atoms with Gasteiger partial charge in [0.1, 0.15) is 11.5 Å². The molecule has 0 unspecified atom stereocenters. The number of aliphatic hydroxyl groups is 1. The molecule has 0 saturated heterocycles. The Morgan fingerprint density at radius 2 is 1.72 bits per heavy atom. The fourth-order valence-corrected chi connectivity index (χ4v) is 7.00. The van der Waals surface area contributed by atoms with Crippen LogP contribution in [0, 0.1) is 0 Å². The van der Waals surface area contributed by atoms with Gasteiger partial charge in [0.15, 0.2) is 21.5 Å². The highest BCUT2D eigenvalue weighted by Gasteiger charge is 2.53. The SMILES string of the molecule is COc1cccc(CCNC(=O)[C@]2(CCS(=O)(=O)c3ccccc3)N=C(c3ccc(OCCCO)cc3)O[C@@H]2c2ccc(Br)cc2)c1. The van der Waals surface area contributed by atoms with Crippen LogP contribution in [-0.2, 0) is 25.8 Å². The first-order chi connectivity index (χ1) is 22.7. The molecule has 47 heavy (non-hydrogen) atoms. The summed E-state index contributed by atoms with van der Waals surface area (Å²) in [6.45, 7) is 0.689. The van der Waals surface area contributed by atoms with Crippen LogP contribution >= 0.6 is 15.9 Å². The predicted octanol–water partition coefficient (Wildman–Crippen LogP) is 5.70. The summed E-state index contributed by atoms with van der Waals surface area (Å²) in [5.41, 5.74) is 0.660. The van der Waals surface area contributed by atoms with Crippen molar-refractivity contribution in [1.82, 2.24) is 5.32 Å². The Labute approximate surface area is 283 Å². The highest BCUT2D eigenvalue weighted by Crippen LogP contribution is 2.43. The molecule has 11 heteroatoms. The third-order valence-corrected chi connectivity index (χ3v) is 10.2. The van der Waals surface area contributed by atoms with Gasteiger partial charge in [-0.2, -0.15) is 0 Å². The van der Waals surface area contributed by atoms with E-state index in [0.717, 1.165) is 15.8 Å². The Balaban J connectivity index is 1.50. The van der Waals surface area contributed by atoms with Gasteiger partial charge in [-0.3, -0.25) is 4.79 Å². The maximum absolute atomic E-state index is 14.4. The Bertz CT molecular complexity index is 1780. The minimum absolute atomic E-state index is 0.0316. The maximum Gasteiger partial charge on any atom is 0.252 e. The molecule has 1 aliphatic heterocycles. The molecule has 246 valence electrons. The molecule has 1 heterocycles. The Hall–Kier alpha value is -4.19. The van der Waals surface area contributed by atoms with Crippen molar-refractivity contribution in [3.05, 3.63) is 124 Å². The van der Waals surface area contributed by atoms with Crippen LogP contribution in [0.15, 0.2) is 117 Å². The van der Waals surface area contributed by atoms with Gasteiger partial charge < -0.3 is 24.6 Å². The lowest BCUT2D eigenvalue weighted by molar-refractivity contribution is -0.129. The molecule has 5 rings (SSSR count). The van der Waals surface area contributed by atoms with Gasteiger partial charge in [0, 0.05) is 36.0 Å². The van der Waals surface area contributed by atoms with E-state index in [1.807, 2.05) is 48.5 Å². The quantitative estimate of drug-likeness (QED) is 0.151. The predicted molar refractivity (Wildman–Crippen MR) is 184 cm³/mol. The number of halogens is 1. The van der Waals surface area contributed by atoms with Gasteiger partial charge >= 0.3 is 0 Å². The number of aliphatic hydroxyl groups excluding tert-OH is 1.